The largest absolute Gasteiger partial charge is 0.486 e. The van der Waals surface area contributed by atoms with E-state index in [1.54, 1.807) is 31.2 Å². The number of carbonyl (C=O) groups excluding carboxylic acids is 1. The van der Waals surface area contributed by atoms with Gasteiger partial charge < -0.3 is 9.15 Å². The smallest absolute Gasteiger partial charge is 0.185 e. The minimum absolute atomic E-state index is 0.163. The lowest BCUT2D eigenvalue weighted by molar-refractivity contribution is 0.109. The predicted molar refractivity (Wildman–Crippen MR) is 59.6 cm³/mol. The highest BCUT2D eigenvalue weighted by Gasteiger charge is 2.04. The first-order chi connectivity index (χ1) is 8.19. The van der Waals surface area contributed by atoms with Crippen molar-refractivity contribution >= 4 is 6.29 Å². The molecule has 0 amide bonds. The van der Waals surface area contributed by atoms with E-state index in [4.69, 9.17) is 9.15 Å². The van der Waals surface area contributed by atoms with Gasteiger partial charge in [-0.05, 0) is 30.7 Å². The lowest BCUT2D eigenvalue weighted by Gasteiger charge is -2.05. The average molecular weight is 234 g/mol. The predicted octanol–water partition coefficient (Wildman–Crippen LogP) is 3.12. The van der Waals surface area contributed by atoms with Gasteiger partial charge in [0.1, 0.15) is 23.9 Å². The summed E-state index contributed by atoms with van der Waals surface area (Å²) in [6, 6.07) is 7.85. The normalized spacial score (nSPS) is 10.2. The number of halogens is 1. The Bertz CT molecular complexity index is 531. The highest BCUT2D eigenvalue weighted by molar-refractivity contribution is 5.70. The van der Waals surface area contributed by atoms with E-state index in [2.05, 4.69) is 0 Å². The zero-order chi connectivity index (χ0) is 12.3. The van der Waals surface area contributed by atoms with Gasteiger partial charge in [0.05, 0.1) is 0 Å². The molecule has 4 heteroatoms. The number of ether oxygens (including phenoxy) is 1. The molecule has 1 aromatic carbocycles. The molecule has 1 heterocycles. The molecule has 88 valence electrons. The number of aryl methyl sites for hydroxylation is 1. The average Bonchev–Trinajstić information content (AvgIpc) is 2.79. The van der Waals surface area contributed by atoms with Crippen LogP contribution in [0.15, 0.2) is 34.7 Å². The van der Waals surface area contributed by atoms with Gasteiger partial charge in [-0.3, -0.25) is 4.79 Å². The van der Waals surface area contributed by atoms with E-state index in [0.29, 0.717) is 23.4 Å². The Hall–Kier alpha value is -2.10. The van der Waals surface area contributed by atoms with Crippen molar-refractivity contribution in [1.29, 1.82) is 0 Å². The summed E-state index contributed by atoms with van der Waals surface area (Å²) in [4.78, 5) is 10.4. The molecule has 0 aliphatic carbocycles. The Balaban J connectivity index is 2.01. The second-order valence-corrected chi connectivity index (χ2v) is 3.62. The molecule has 0 unspecified atom stereocenters. The summed E-state index contributed by atoms with van der Waals surface area (Å²) in [7, 11) is 0. The first-order valence-electron chi connectivity index (χ1n) is 5.12. The third kappa shape index (κ3) is 2.72. The van der Waals surface area contributed by atoms with Gasteiger partial charge >= 0.3 is 0 Å². The van der Waals surface area contributed by atoms with E-state index in [1.165, 1.54) is 6.07 Å². The molecule has 0 aliphatic heterocycles. The molecule has 0 atom stereocenters. The van der Waals surface area contributed by atoms with Gasteiger partial charge in [-0.1, -0.05) is 6.07 Å². The van der Waals surface area contributed by atoms with Crippen molar-refractivity contribution in [1.82, 2.24) is 0 Å². The second-order valence-electron chi connectivity index (χ2n) is 3.62. The molecule has 2 rings (SSSR count). The molecule has 0 spiro atoms. The molecule has 2 aromatic rings. The number of carbonyl (C=O) groups is 1. The molecule has 0 aliphatic rings. The van der Waals surface area contributed by atoms with E-state index >= 15 is 0 Å². The molecular formula is C13H11FO3. The van der Waals surface area contributed by atoms with E-state index in [-0.39, 0.29) is 18.2 Å². The van der Waals surface area contributed by atoms with Gasteiger partial charge in [0, 0.05) is 6.07 Å². The van der Waals surface area contributed by atoms with Crippen LogP contribution in [0, 0.1) is 12.7 Å². The third-order valence-corrected chi connectivity index (χ3v) is 2.32. The van der Waals surface area contributed by atoms with Crippen molar-refractivity contribution in [3.63, 3.8) is 0 Å². The summed E-state index contributed by atoms with van der Waals surface area (Å²) >= 11 is 0. The van der Waals surface area contributed by atoms with E-state index in [9.17, 15) is 9.18 Å². The van der Waals surface area contributed by atoms with Gasteiger partial charge in [-0.15, -0.1) is 0 Å². The number of furan rings is 1. The van der Waals surface area contributed by atoms with Crippen molar-refractivity contribution in [2.24, 2.45) is 0 Å². The van der Waals surface area contributed by atoms with Crippen molar-refractivity contribution in [2.45, 2.75) is 13.5 Å². The standard InChI is InChI=1S/C13H11FO3/c1-9-2-3-10(6-13(9)14)16-8-12-5-4-11(7-15)17-12/h2-7H,8H2,1H3. The maximum absolute atomic E-state index is 13.2. The van der Waals surface area contributed by atoms with Crippen LogP contribution in [0.1, 0.15) is 21.9 Å². The maximum atomic E-state index is 13.2. The Morgan fingerprint density at radius 3 is 2.82 bits per heavy atom. The quantitative estimate of drug-likeness (QED) is 0.763. The Morgan fingerprint density at radius 2 is 2.18 bits per heavy atom. The van der Waals surface area contributed by atoms with E-state index < -0.39 is 0 Å². The van der Waals surface area contributed by atoms with Crippen LogP contribution in [0.2, 0.25) is 0 Å². The summed E-state index contributed by atoms with van der Waals surface area (Å²) < 4.78 is 23.7. The zero-order valence-corrected chi connectivity index (χ0v) is 9.27. The summed E-state index contributed by atoms with van der Waals surface area (Å²) in [5, 5.41) is 0. The van der Waals surface area contributed by atoms with Crippen LogP contribution < -0.4 is 4.74 Å². The van der Waals surface area contributed by atoms with Crippen molar-refractivity contribution < 1.29 is 18.3 Å². The monoisotopic (exact) mass is 234 g/mol. The van der Waals surface area contributed by atoms with E-state index in [1.807, 2.05) is 0 Å². The maximum Gasteiger partial charge on any atom is 0.185 e. The number of rotatable bonds is 4. The number of benzene rings is 1. The molecular weight excluding hydrogens is 223 g/mol. The van der Waals surface area contributed by atoms with Crippen LogP contribution >= 0.6 is 0 Å². The molecule has 0 fully saturated rings. The molecule has 17 heavy (non-hydrogen) atoms. The molecule has 0 saturated carbocycles. The fourth-order valence-electron chi connectivity index (χ4n) is 1.35. The van der Waals surface area contributed by atoms with Crippen LogP contribution in [0.4, 0.5) is 4.39 Å². The van der Waals surface area contributed by atoms with Crippen LogP contribution in [-0.4, -0.2) is 6.29 Å². The number of aldehydes is 1. The second kappa shape index (κ2) is 4.82. The van der Waals surface area contributed by atoms with Crippen molar-refractivity contribution in [3.8, 4) is 5.75 Å². The van der Waals surface area contributed by atoms with Gasteiger partial charge in [0.2, 0.25) is 0 Å². The van der Waals surface area contributed by atoms with Crippen molar-refractivity contribution in [3.05, 3.63) is 53.2 Å². The van der Waals surface area contributed by atoms with Crippen LogP contribution in [0.5, 0.6) is 5.75 Å². The van der Waals surface area contributed by atoms with Crippen LogP contribution in [0.3, 0.4) is 0 Å². The van der Waals surface area contributed by atoms with Gasteiger partial charge in [-0.2, -0.15) is 0 Å². The fraction of sp³-hybridized carbons (Fsp3) is 0.154. The lowest BCUT2D eigenvalue weighted by atomic mass is 10.2. The first-order valence-corrected chi connectivity index (χ1v) is 5.12. The first kappa shape index (κ1) is 11.4. The SMILES string of the molecule is Cc1ccc(OCc2ccc(C=O)o2)cc1F. The Morgan fingerprint density at radius 1 is 1.35 bits per heavy atom. The zero-order valence-electron chi connectivity index (χ0n) is 9.27. The highest BCUT2D eigenvalue weighted by atomic mass is 19.1. The fourth-order valence-corrected chi connectivity index (χ4v) is 1.35. The molecule has 0 radical (unpaired) electrons. The molecule has 0 bridgehead atoms. The topological polar surface area (TPSA) is 39.4 Å². The van der Waals surface area contributed by atoms with E-state index in [0.717, 1.165) is 0 Å². The van der Waals surface area contributed by atoms with Gasteiger partial charge in [-0.25, -0.2) is 4.39 Å². The van der Waals surface area contributed by atoms with Crippen molar-refractivity contribution in [2.75, 3.05) is 0 Å². The summed E-state index contributed by atoms with van der Waals surface area (Å²) in [5.41, 5.74) is 0.568. The van der Waals surface area contributed by atoms with Gasteiger partial charge in [0.15, 0.2) is 12.0 Å². The van der Waals surface area contributed by atoms with Gasteiger partial charge in [0.25, 0.3) is 0 Å². The molecule has 1 aromatic heterocycles. The molecule has 3 nitrogen and oxygen atoms in total. The third-order valence-electron chi connectivity index (χ3n) is 2.32. The molecule has 0 saturated heterocycles. The minimum Gasteiger partial charge on any atom is -0.486 e. The summed E-state index contributed by atoms with van der Waals surface area (Å²) in [6.45, 7) is 1.85. The molecule has 0 N–H and O–H groups in total. The number of hydrogen-bond acceptors (Lipinski definition) is 3. The Labute approximate surface area is 97.8 Å². The summed E-state index contributed by atoms with van der Waals surface area (Å²) in [5.74, 6) is 0.888. The number of hydrogen-bond donors (Lipinski definition) is 0. The highest BCUT2D eigenvalue weighted by Crippen LogP contribution is 2.17. The minimum atomic E-state index is -0.310. The summed E-state index contributed by atoms with van der Waals surface area (Å²) in [6.07, 6.45) is 0.620. The lowest BCUT2D eigenvalue weighted by Crippen LogP contribution is -1.94. The van der Waals surface area contributed by atoms with Crippen LogP contribution in [0.25, 0.3) is 0 Å². The Kier molecular flexibility index (Phi) is 3.23. The van der Waals surface area contributed by atoms with Crippen LogP contribution in [-0.2, 0) is 6.61 Å².